The Morgan fingerprint density at radius 1 is 0.957 bits per heavy atom. The largest absolute Gasteiger partial charge is 0.344 e. The molecule has 1 aromatic heterocycles. The maximum atomic E-state index is 2.57. The summed E-state index contributed by atoms with van der Waals surface area (Å²) in [6.45, 7) is 6.77. The predicted molar refractivity (Wildman–Crippen MR) is 96.7 cm³/mol. The molecule has 23 heavy (non-hydrogen) atoms. The van der Waals surface area contributed by atoms with Crippen molar-refractivity contribution in [2.45, 2.75) is 32.9 Å². The van der Waals surface area contributed by atoms with Gasteiger partial charge in [0.1, 0.15) is 0 Å². The predicted octanol–water partition coefficient (Wildman–Crippen LogP) is 4.26. The highest BCUT2D eigenvalue weighted by Gasteiger charge is 2.22. The first kappa shape index (κ1) is 14.5. The molecule has 0 radical (unpaired) electrons. The number of para-hydroxylation sites is 1. The average molecular weight is 304 g/mol. The summed E-state index contributed by atoms with van der Waals surface area (Å²) in [5.74, 6) is 0. The average Bonchev–Trinajstić information content (AvgIpc) is 2.94. The molecule has 0 bridgehead atoms. The van der Waals surface area contributed by atoms with Gasteiger partial charge in [0.2, 0.25) is 0 Å². The lowest BCUT2D eigenvalue weighted by Gasteiger charge is -2.27. The van der Waals surface area contributed by atoms with Gasteiger partial charge in [-0.05, 0) is 30.2 Å². The topological polar surface area (TPSA) is 8.17 Å². The zero-order valence-corrected chi connectivity index (χ0v) is 13.8. The molecular formula is C21H24N2. The Hall–Kier alpha value is -2.06. The first-order valence-electron chi connectivity index (χ1n) is 8.72. The fourth-order valence-corrected chi connectivity index (χ4v) is 3.87. The summed E-state index contributed by atoms with van der Waals surface area (Å²) in [5.41, 5.74) is 5.95. The van der Waals surface area contributed by atoms with Crippen molar-refractivity contribution in [1.29, 1.82) is 0 Å². The van der Waals surface area contributed by atoms with Gasteiger partial charge in [-0.15, -0.1) is 0 Å². The van der Waals surface area contributed by atoms with Crippen LogP contribution in [0.1, 0.15) is 23.7 Å². The SMILES string of the molecule is CCN1CCc2c(c3ccccc3n2CCc2ccccc2)C1. The Morgan fingerprint density at radius 3 is 2.57 bits per heavy atom. The van der Waals surface area contributed by atoms with Gasteiger partial charge in [0, 0.05) is 42.7 Å². The summed E-state index contributed by atoms with van der Waals surface area (Å²) in [5, 5.41) is 1.45. The molecule has 0 aliphatic carbocycles. The third kappa shape index (κ3) is 2.68. The smallest absolute Gasteiger partial charge is 0.0486 e. The van der Waals surface area contributed by atoms with Crippen LogP contribution in [0.25, 0.3) is 10.9 Å². The van der Waals surface area contributed by atoms with Crippen molar-refractivity contribution in [1.82, 2.24) is 9.47 Å². The van der Waals surface area contributed by atoms with Gasteiger partial charge in [-0.1, -0.05) is 55.5 Å². The van der Waals surface area contributed by atoms with E-state index in [-0.39, 0.29) is 0 Å². The lowest BCUT2D eigenvalue weighted by atomic mass is 10.0. The van der Waals surface area contributed by atoms with Gasteiger partial charge in [0.05, 0.1) is 0 Å². The minimum atomic E-state index is 1.08. The van der Waals surface area contributed by atoms with Crippen LogP contribution in [0.15, 0.2) is 54.6 Å². The van der Waals surface area contributed by atoms with Crippen LogP contribution in [-0.2, 0) is 25.9 Å². The summed E-state index contributed by atoms with van der Waals surface area (Å²) in [6.07, 6.45) is 2.27. The van der Waals surface area contributed by atoms with Crippen molar-refractivity contribution in [2.75, 3.05) is 13.1 Å². The molecule has 0 unspecified atom stereocenters. The normalized spacial score (nSPS) is 15.0. The zero-order valence-electron chi connectivity index (χ0n) is 13.8. The van der Waals surface area contributed by atoms with E-state index in [1.807, 2.05) is 0 Å². The molecule has 0 N–H and O–H groups in total. The lowest BCUT2D eigenvalue weighted by molar-refractivity contribution is 0.265. The Bertz CT molecular complexity index is 801. The van der Waals surface area contributed by atoms with Crippen molar-refractivity contribution < 1.29 is 0 Å². The van der Waals surface area contributed by atoms with E-state index in [4.69, 9.17) is 0 Å². The number of benzene rings is 2. The first-order chi connectivity index (χ1) is 11.4. The summed E-state index contributed by atoms with van der Waals surface area (Å²) in [4.78, 5) is 2.55. The number of hydrogen-bond acceptors (Lipinski definition) is 1. The van der Waals surface area contributed by atoms with Crippen LogP contribution in [0, 0.1) is 0 Å². The molecule has 2 heteroatoms. The van der Waals surface area contributed by atoms with Gasteiger partial charge in [0.15, 0.2) is 0 Å². The van der Waals surface area contributed by atoms with Crippen molar-refractivity contribution >= 4 is 10.9 Å². The Kier molecular flexibility index (Phi) is 3.92. The van der Waals surface area contributed by atoms with Gasteiger partial charge in [-0.25, -0.2) is 0 Å². The highest BCUT2D eigenvalue weighted by Crippen LogP contribution is 2.31. The number of aromatic nitrogens is 1. The van der Waals surface area contributed by atoms with Crippen molar-refractivity contribution in [3.8, 4) is 0 Å². The second kappa shape index (κ2) is 6.21. The summed E-state index contributed by atoms with van der Waals surface area (Å²) < 4.78 is 2.57. The minimum absolute atomic E-state index is 1.08. The molecule has 1 aliphatic rings. The molecule has 118 valence electrons. The number of aryl methyl sites for hydroxylation is 2. The van der Waals surface area contributed by atoms with E-state index in [0.29, 0.717) is 0 Å². The quantitative estimate of drug-likeness (QED) is 0.699. The number of rotatable bonds is 4. The van der Waals surface area contributed by atoms with E-state index >= 15 is 0 Å². The number of nitrogens with zero attached hydrogens (tertiary/aromatic N) is 2. The lowest BCUT2D eigenvalue weighted by Crippen LogP contribution is -2.30. The number of hydrogen-bond donors (Lipinski definition) is 0. The summed E-state index contributed by atoms with van der Waals surface area (Å²) >= 11 is 0. The van der Waals surface area contributed by atoms with E-state index in [9.17, 15) is 0 Å². The highest BCUT2D eigenvalue weighted by atomic mass is 15.1. The van der Waals surface area contributed by atoms with Crippen molar-refractivity contribution in [3.63, 3.8) is 0 Å². The standard InChI is InChI=1S/C21H24N2/c1-2-22-14-13-21-19(16-22)18-10-6-7-11-20(18)23(21)15-12-17-8-4-3-5-9-17/h3-11H,2,12-16H2,1H3. The maximum Gasteiger partial charge on any atom is 0.0486 e. The molecule has 0 amide bonds. The molecule has 0 saturated carbocycles. The monoisotopic (exact) mass is 304 g/mol. The van der Waals surface area contributed by atoms with Crippen LogP contribution in [0.3, 0.4) is 0 Å². The molecule has 1 aliphatic heterocycles. The number of likely N-dealkylation sites (N-methyl/N-ethyl adjacent to an activating group) is 1. The molecule has 2 aromatic carbocycles. The van der Waals surface area contributed by atoms with Crippen LogP contribution in [0.4, 0.5) is 0 Å². The van der Waals surface area contributed by atoms with Crippen LogP contribution >= 0.6 is 0 Å². The Labute approximate surface area is 138 Å². The number of fused-ring (bicyclic) bond motifs is 3. The van der Waals surface area contributed by atoms with E-state index in [1.54, 1.807) is 11.3 Å². The van der Waals surface area contributed by atoms with Crippen molar-refractivity contribution in [3.05, 3.63) is 71.4 Å². The molecule has 2 nitrogen and oxygen atoms in total. The molecule has 0 saturated heterocycles. The molecule has 0 atom stereocenters. The fraction of sp³-hybridized carbons (Fsp3) is 0.333. The molecular weight excluding hydrogens is 280 g/mol. The maximum absolute atomic E-state index is 2.57. The summed E-state index contributed by atoms with van der Waals surface area (Å²) in [7, 11) is 0. The molecule has 3 aromatic rings. The van der Waals surface area contributed by atoms with E-state index in [2.05, 4.69) is 71.0 Å². The van der Waals surface area contributed by atoms with E-state index in [0.717, 1.165) is 26.1 Å². The van der Waals surface area contributed by atoms with Gasteiger partial charge < -0.3 is 4.57 Å². The Morgan fingerprint density at radius 2 is 1.74 bits per heavy atom. The fourth-order valence-electron chi connectivity index (χ4n) is 3.87. The van der Waals surface area contributed by atoms with Gasteiger partial charge >= 0.3 is 0 Å². The van der Waals surface area contributed by atoms with E-state index < -0.39 is 0 Å². The zero-order chi connectivity index (χ0) is 15.6. The van der Waals surface area contributed by atoms with Gasteiger partial charge in [-0.3, -0.25) is 4.90 Å². The first-order valence-corrected chi connectivity index (χ1v) is 8.72. The van der Waals surface area contributed by atoms with E-state index in [1.165, 1.54) is 29.4 Å². The van der Waals surface area contributed by atoms with Crippen LogP contribution < -0.4 is 0 Å². The Balaban J connectivity index is 1.72. The second-order valence-electron chi connectivity index (χ2n) is 6.45. The molecule has 4 rings (SSSR count). The van der Waals surface area contributed by atoms with Crippen LogP contribution in [-0.4, -0.2) is 22.6 Å². The highest BCUT2D eigenvalue weighted by molar-refractivity contribution is 5.85. The van der Waals surface area contributed by atoms with Crippen molar-refractivity contribution in [2.24, 2.45) is 0 Å². The third-order valence-electron chi connectivity index (χ3n) is 5.15. The second-order valence-corrected chi connectivity index (χ2v) is 6.45. The van der Waals surface area contributed by atoms with Gasteiger partial charge in [-0.2, -0.15) is 0 Å². The summed E-state index contributed by atoms with van der Waals surface area (Å²) in [6, 6.07) is 19.8. The van der Waals surface area contributed by atoms with Gasteiger partial charge in [0.25, 0.3) is 0 Å². The molecule has 0 spiro atoms. The minimum Gasteiger partial charge on any atom is -0.344 e. The van der Waals surface area contributed by atoms with Crippen LogP contribution in [0.2, 0.25) is 0 Å². The molecule has 2 heterocycles. The molecule has 0 fully saturated rings. The van der Waals surface area contributed by atoms with Crippen LogP contribution in [0.5, 0.6) is 0 Å². The third-order valence-corrected chi connectivity index (χ3v) is 5.15.